The average Bonchev–Trinajstić information content (AvgIpc) is 2.66. The van der Waals surface area contributed by atoms with Gasteiger partial charge in [-0.3, -0.25) is 4.68 Å². The Balaban J connectivity index is 2.29. The number of aromatic nitrogens is 2. The minimum atomic E-state index is -3.70. The van der Waals surface area contributed by atoms with Crippen LogP contribution in [0.5, 0.6) is 0 Å². The van der Waals surface area contributed by atoms with Gasteiger partial charge in [-0.2, -0.15) is 5.10 Å². The van der Waals surface area contributed by atoms with Gasteiger partial charge in [0.2, 0.25) is 10.0 Å². The first-order valence-electron chi connectivity index (χ1n) is 6.46. The molecule has 0 saturated carbocycles. The van der Waals surface area contributed by atoms with Gasteiger partial charge in [0, 0.05) is 24.8 Å². The molecule has 21 heavy (non-hydrogen) atoms. The van der Waals surface area contributed by atoms with E-state index in [-0.39, 0.29) is 11.4 Å². The summed E-state index contributed by atoms with van der Waals surface area (Å²) in [5.74, 6) is -0.438. The van der Waals surface area contributed by atoms with Crippen LogP contribution in [0, 0.1) is 26.6 Å². The van der Waals surface area contributed by atoms with Crippen LogP contribution in [0.25, 0.3) is 0 Å². The predicted molar refractivity (Wildman–Crippen MR) is 77.8 cm³/mol. The molecule has 0 atom stereocenters. The molecule has 0 saturated heterocycles. The second-order valence-electron chi connectivity index (χ2n) is 5.07. The standard InChI is InChI=1S/C14H18FN3O2S/c1-9-5-13(15)6-10(2)14(9)21(19,20)17-8-12-7-16-18(4)11(12)3/h5-7,17H,8H2,1-4H3. The molecule has 0 spiro atoms. The summed E-state index contributed by atoms with van der Waals surface area (Å²) < 4.78 is 42.3. The molecule has 5 nitrogen and oxygen atoms in total. The topological polar surface area (TPSA) is 64.0 Å². The lowest BCUT2D eigenvalue weighted by Crippen LogP contribution is -2.25. The van der Waals surface area contributed by atoms with E-state index in [9.17, 15) is 12.8 Å². The second kappa shape index (κ2) is 5.57. The first-order chi connectivity index (χ1) is 9.72. The van der Waals surface area contributed by atoms with Crippen molar-refractivity contribution in [3.05, 3.63) is 46.5 Å². The van der Waals surface area contributed by atoms with Gasteiger partial charge in [-0.25, -0.2) is 17.5 Å². The second-order valence-corrected chi connectivity index (χ2v) is 6.78. The lowest BCUT2D eigenvalue weighted by molar-refractivity contribution is 0.578. The Hall–Kier alpha value is -1.73. The summed E-state index contributed by atoms with van der Waals surface area (Å²) in [4.78, 5) is 0.130. The van der Waals surface area contributed by atoms with Crippen LogP contribution in [-0.2, 0) is 23.6 Å². The first-order valence-corrected chi connectivity index (χ1v) is 7.94. The summed E-state index contributed by atoms with van der Waals surface area (Å²) in [5, 5.41) is 4.07. The van der Waals surface area contributed by atoms with Gasteiger partial charge < -0.3 is 0 Å². The predicted octanol–water partition coefficient (Wildman–Crippen LogP) is 1.96. The zero-order chi connectivity index (χ0) is 15.8. The van der Waals surface area contributed by atoms with Crippen molar-refractivity contribution in [3.8, 4) is 0 Å². The molecule has 0 bridgehead atoms. The molecule has 2 rings (SSSR count). The zero-order valence-electron chi connectivity index (χ0n) is 12.4. The van der Waals surface area contributed by atoms with Crippen molar-refractivity contribution in [2.24, 2.45) is 7.05 Å². The van der Waals surface area contributed by atoms with Crippen molar-refractivity contribution in [1.82, 2.24) is 14.5 Å². The van der Waals surface area contributed by atoms with Crippen molar-refractivity contribution in [2.45, 2.75) is 32.2 Å². The molecule has 0 fully saturated rings. The number of nitrogens with zero attached hydrogens (tertiary/aromatic N) is 2. The molecule has 114 valence electrons. The molecule has 1 aromatic carbocycles. The highest BCUT2D eigenvalue weighted by Crippen LogP contribution is 2.21. The number of aryl methyl sites for hydroxylation is 3. The summed E-state index contributed by atoms with van der Waals surface area (Å²) in [6.07, 6.45) is 1.63. The van der Waals surface area contributed by atoms with Crippen LogP contribution < -0.4 is 4.72 Å². The Morgan fingerprint density at radius 2 is 1.81 bits per heavy atom. The summed E-state index contributed by atoms with van der Waals surface area (Å²) in [5.41, 5.74) is 2.48. The minimum Gasteiger partial charge on any atom is -0.273 e. The first kappa shape index (κ1) is 15.7. The van der Waals surface area contributed by atoms with Gasteiger partial charge in [-0.1, -0.05) is 0 Å². The number of halogens is 1. The van der Waals surface area contributed by atoms with E-state index in [4.69, 9.17) is 0 Å². The minimum absolute atomic E-state index is 0.130. The quantitative estimate of drug-likeness (QED) is 0.939. The molecule has 0 aliphatic rings. The van der Waals surface area contributed by atoms with Gasteiger partial charge in [0.15, 0.2) is 0 Å². The van der Waals surface area contributed by atoms with E-state index in [1.54, 1.807) is 31.8 Å². The summed E-state index contributed by atoms with van der Waals surface area (Å²) >= 11 is 0. The molecule has 1 heterocycles. The maximum Gasteiger partial charge on any atom is 0.241 e. The summed E-state index contributed by atoms with van der Waals surface area (Å²) in [7, 11) is -1.90. The summed E-state index contributed by atoms with van der Waals surface area (Å²) in [6, 6.07) is 2.44. The van der Waals surface area contributed by atoms with Crippen molar-refractivity contribution in [3.63, 3.8) is 0 Å². The SMILES string of the molecule is Cc1cc(F)cc(C)c1S(=O)(=O)NCc1cnn(C)c1C. The van der Waals surface area contributed by atoms with E-state index in [0.717, 1.165) is 11.3 Å². The van der Waals surface area contributed by atoms with Gasteiger partial charge in [-0.05, 0) is 44.0 Å². The van der Waals surface area contributed by atoms with Crippen LogP contribution in [-0.4, -0.2) is 18.2 Å². The molecule has 1 aromatic heterocycles. The van der Waals surface area contributed by atoms with Crippen molar-refractivity contribution >= 4 is 10.0 Å². The van der Waals surface area contributed by atoms with Gasteiger partial charge in [0.1, 0.15) is 5.82 Å². The highest BCUT2D eigenvalue weighted by molar-refractivity contribution is 7.89. The third kappa shape index (κ3) is 3.14. The van der Waals surface area contributed by atoms with Gasteiger partial charge in [-0.15, -0.1) is 0 Å². The lowest BCUT2D eigenvalue weighted by atomic mass is 10.1. The average molecular weight is 311 g/mol. The molecule has 0 radical (unpaired) electrons. The van der Waals surface area contributed by atoms with E-state index in [1.165, 1.54) is 12.1 Å². The Labute approximate surface area is 123 Å². The van der Waals surface area contributed by atoms with Gasteiger partial charge >= 0.3 is 0 Å². The maximum atomic E-state index is 13.3. The fourth-order valence-electron chi connectivity index (χ4n) is 2.28. The van der Waals surface area contributed by atoms with E-state index in [0.29, 0.717) is 11.1 Å². The largest absolute Gasteiger partial charge is 0.273 e. The Morgan fingerprint density at radius 3 is 2.29 bits per heavy atom. The monoisotopic (exact) mass is 311 g/mol. The van der Waals surface area contributed by atoms with Crippen LogP contribution in [0.2, 0.25) is 0 Å². The number of hydrogen-bond donors (Lipinski definition) is 1. The van der Waals surface area contributed by atoms with E-state index < -0.39 is 15.8 Å². The number of hydrogen-bond acceptors (Lipinski definition) is 3. The molecule has 0 aliphatic heterocycles. The highest BCUT2D eigenvalue weighted by Gasteiger charge is 2.20. The number of sulfonamides is 1. The smallest absolute Gasteiger partial charge is 0.241 e. The van der Waals surface area contributed by atoms with Crippen LogP contribution in [0.4, 0.5) is 4.39 Å². The Morgan fingerprint density at radius 1 is 1.24 bits per heavy atom. The fourth-order valence-corrected chi connectivity index (χ4v) is 3.74. The highest BCUT2D eigenvalue weighted by atomic mass is 32.2. The molecule has 0 amide bonds. The fraction of sp³-hybridized carbons (Fsp3) is 0.357. The molecular weight excluding hydrogens is 293 g/mol. The number of rotatable bonds is 4. The Bertz CT molecular complexity index is 759. The molecule has 0 aliphatic carbocycles. The van der Waals surface area contributed by atoms with Gasteiger partial charge in [0.05, 0.1) is 11.1 Å². The summed E-state index contributed by atoms with van der Waals surface area (Å²) in [6.45, 7) is 5.18. The van der Waals surface area contributed by atoms with E-state index in [2.05, 4.69) is 9.82 Å². The molecule has 1 N–H and O–H groups in total. The van der Waals surface area contributed by atoms with Crippen molar-refractivity contribution in [2.75, 3.05) is 0 Å². The maximum absolute atomic E-state index is 13.3. The number of nitrogens with one attached hydrogen (secondary N) is 1. The zero-order valence-corrected chi connectivity index (χ0v) is 13.3. The third-order valence-electron chi connectivity index (χ3n) is 3.48. The van der Waals surface area contributed by atoms with Crippen LogP contribution in [0.15, 0.2) is 23.2 Å². The number of benzene rings is 1. The van der Waals surface area contributed by atoms with Crippen molar-refractivity contribution < 1.29 is 12.8 Å². The van der Waals surface area contributed by atoms with Crippen molar-refractivity contribution in [1.29, 1.82) is 0 Å². The third-order valence-corrected chi connectivity index (χ3v) is 5.19. The van der Waals surface area contributed by atoms with Crippen LogP contribution >= 0.6 is 0 Å². The molecule has 0 unspecified atom stereocenters. The normalized spacial score (nSPS) is 11.9. The van der Waals surface area contributed by atoms with Gasteiger partial charge in [0.25, 0.3) is 0 Å². The van der Waals surface area contributed by atoms with Crippen LogP contribution in [0.3, 0.4) is 0 Å². The molecule has 2 aromatic rings. The van der Waals surface area contributed by atoms with Crippen LogP contribution in [0.1, 0.15) is 22.4 Å². The molecule has 7 heteroatoms. The Kier molecular flexibility index (Phi) is 4.15. The molecular formula is C14H18FN3O2S. The van der Waals surface area contributed by atoms with E-state index in [1.807, 2.05) is 6.92 Å². The lowest BCUT2D eigenvalue weighted by Gasteiger charge is -2.12. The van der Waals surface area contributed by atoms with E-state index >= 15 is 0 Å².